The minimum absolute atomic E-state index is 0.190. The molecule has 0 aliphatic carbocycles. The Morgan fingerprint density at radius 3 is 2.04 bits per heavy atom. The summed E-state index contributed by atoms with van der Waals surface area (Å²) in [5, 5.41) is 2.72. The van der Waals surface area contributed by atoms with Crippen molar-refractivity contribution in [2.75, 3.05) is 26.6 Å². The lowest BCUT2D eigenvalue weighted by molar-refractivity contribution is 0.1000. The molecule has 0 fully saturated rings. The number of benzene rings is 2. The van der Waals surface area contributed by atoms with E-state index < -0.39 is 11.8 Å². The Bertz CT molecular complexity index is 751. The molecule has 0 aromatic heterocycles. The zero-order chi connectivity index (χ0) is 17.7. The molecule has 0 spiro atoms. The summed E-state index contributed by atoms with van der Waals surface area (Å²) in [4.78, 5) is 23.9. The second-order valence-electron chi connectivity index (χ2n) is 4.83. The fourth-order valence-corrected chi connectivity index (χ4v) is 2.12. The predicted octanol–water partition coefficient (Wildman–Crippen LogP) is 2.06. The van der Waals surface area contributed by atoms with Crippen molar-refractivity contribution in [2.24, 2.45) is 5.73 Å². The maximum absolute atomic E-state index is 12.5. The molecule has 7 nitrogen and oxygen atoms in total. The highest BCUT2D eigenvalue weighted by Crippen LogP contribution is 2.27. The first-order valence-electron chi connectivity index (χ1n) is 7.00. The molecule has 0 bridgehead atoms. The molecule has 0 aliphatic heterocycles. The van der Waals surface area contributed by atoms with E-state index in [1.54, 1.807) is 18.2 Å². The molecule has 0 atom stereocenters. The number of primary amides is 1. The normalized spacial score (nSPS) is 9.96. The third-order valence-electron chi connectivity index (χ3n) is 3.34. The van der Waals surface area contributed by atoms with Crippen LogP contribution in [0.3, 0.4) is 0 Å². The van der Waals surface area contributed by atoms with Crippen LogP contribution in [0.15, 0.2) is 36.4 Å². The van der Waals surface area contributed by atoms with Gasteiger partial charge in [0.15, 0.2) is 0 Å². The molecule has 2 aromatic carbocycles. The molecule has 0 heterocycles. The monoisotopic (exact) mass is 330 g/mol. The van der Waals surface area contributed by atoms with E-state index in [-0.39, 0.29) is 11.1 Å². The summed E-state index contributed by atoms with van der Waals surface area (Å²) in [6.07, 6.45) is 0. The fourth-order valence-electron chi connectivity index (χ4n) is 2.12. The lowest BCUT2D eigenvalue weighted by Crippen LogP contribution is -2.16. The number of nitrogens with two attached hydrogens (primary N) is 1. The highest BCUT2D eigenvalue weighted by Gasteiger charge is 2.16. The summed E-state index contributed by atoms with van der Waals surface area (Å²) < 4.78 is 15.5. The summed E-state index contributed by atoms with van der Waals surface area (Å²) in [7, 11) is 4.46. The molecule has 2 rings (SSSR count). The highest BCUT2D eigenvalue weighted by molar-refractivity contribution is 6.08. The number of anilines is 1. The van der Waals surface area contributed by atoms with E-state index >= 15 is 0 Å². The van der Waals surface area contributed by atoms with Crippen molar-refractivity contribution in [2.45, 2.75) is 0 Å². The van der Waals surface area contributed by atoms with Crippen molar-refractivity contribution in [1.82, 2.24) is 0 Å². The van der Waals surface area contributed by atoms with Crippen LogP contribution >= 0.6 is 0 Å². The zero-order valence-corrected chi connectivity index (χ0v) is 13.6. The van der Waals surface area contributed by atoms with Crippen molar-refractivity contribution in [1.29, 1.82) is 0 Å². The first kappa shape index (κ1) is 17.1. The van der Waals surface area contributed by atoms with Crippen LogP contribution in [-0.4, -0.2) is 33.1 Å². The third-order valence-corrected chi connectivity index (χ3v) is 3.34. The maximum atomic E-state index is 12.5. The van der Waals surface area contributed by atoms with Gasteiger partial charge in [0.25, 0.3) is 5.91 Å². The molecule has 24 heavy (non-hydrogen) atoms. The van der Waals surface area contributed by atoms with Crippen molar-refractivity contribution < 1.29 is 23.8 Å². The number of ether oxygens (including phenoxy) is 3. The van der Waals surface area contributed by atoms with E-state index in [9.17, 15) is 9.59 Å². The molecule has 126 valence electrons. The predicted molar refractivity (Wildman–Crippen MR) is 89.0 cm³/mol. The number of carbonyl (C=O) groups excluding carboxylic acids is 2. The van der Waals surface area contributed by atoms with E-state index in [1.807, 2.05) is 0 Å². The van der Waals surface area contributed by atoms with Crippen LogP contribution in [-0.2, 0) is 0 Å². The SMILES string of the molecule is COc1cc(NC(=O)c2cc(C(N)=O)ccc2OC)cc(OC)c1. The second-order valence-corrected chi connectivity index (χ2v) is 4.83. The van der Waals surface area contributed by atoms with Gasteiger partial charge in [-0.1, -0.05) is 0 Å². The summed E-state index contributed by atoms with van der Waals surface area (Å²) in [6.45, 7) is 0. The average molecular weight is 330 g/mol. The van der Waals surface area contributed by atoms with Crippen LogP contribution in [0.4, 0.5) is 5.69 Å². The Morgan fingerprint density at radius 1 is 0.917 bits per heavy atom. The van der Waals surface area contributed by atoms with Crippen molar-refractivity contribution in [3.63, 3.8) is 0 Å². The van der Waals surface area contributed by atoms with Gasteiger partial charge in [0, 0.05) is 29.4 Å². The molecule has 0 aliphatic rings. The minimum atomic E-state index is -0.630. The van der Waals surface area contributed by atoms with Gasteiger partial charge in [0.1, 0.15) is 17.2 Å². The smallest absolute Gasteiger partial charge is 0.259 e. The Kier molecular flexibility index (Phi) is 5.26. The standard InChI is InChI=1S/C17H18N2O5/c1-22-12-7-11(8-13(9-12)23-2)19-17(21)14-6-10(16(18)20)4-5-15(14)24-3/h4-9H,1-3H3,(H2,18,20)(H,19,21). The lowest BCUT2D eigenvalue weighted by atomic mass is 10.1. The van der Waals surface area contributed by atoms with Gasteiger partial charge in [-0.25, -0.2) is 0 Å². The molecule has 2 aromatic rings. The zero-order valence-electron chi connectivity index (χ0n) is 13.6. The number of nitrogens with one attached hydrogen (secondary N) is 1. The molecular formula is C17H18N2O5. The highest BCUT2D eigenvalue weighted by atomic mass is 16.5. The van der Waals surface area contributed by atoms with E-state index in [0.29, 0.717) is 22.9 Å². The Balaban J connectivity index is 2.36. The number of carbonyl (C=O) groups is 2. The maximum Gasteiger partial charge on any atom is 0.259 e. The largest absolute Gasteiger partial charge is 0.497 e. The van der Waals surface area contributed by atoms with Crippen LogP contribution in [0.5, 0.6) is 17.2 Å². The molecular weight excluding hydrogens is 312 g/mol. The van der Waals surface area contributed by atoms with Crippen LogP contribution in [0.2, 0.25) is 0 Å². The minimum Gasteiger partial charge on any atom is -0.497 e. The molecule has 3 N–H and O–H groups in total. The molecule has 0 saturated heterocycles. The Morgan fingerprint density at radius 2 is 1.54 bits per heavy atom. The fraction of sp³-hybridized carbons (Fsp3) is 0.176. The van der Waals surface area contributed by atoms with Gasteiger partial charge < -0.3 is 25.3 Å². The number of rotatable bonds is 6. The molecule has 0 unspecified atom stereocenters. The number of amides is 2. The molecule has 7 heteroatoms. The molecule has 2 amide bonds. The third kappa shape index (κ3) is 3.75. The summed E-state index contributed by atoms with van der Waals surface area (Å²) in [5.74, 6) is 0.303. The van der Waals surface area contributed by atoms with Crippen LogP contribution in [0, 0.1) is 0 Å². The number of methoxy groups -OCH3 is 3. The van der Waals surface area contributed by atoms with E-state index in [4.69, 9.17) is 19.9 Å². The van der Waals surface area contributed by atoms with Crippen molar-refractivity contribution in [3.8, 4) is 17.2 Å². The van der Waals surface area contributed by atoms with Gasteiger partial charge in [0.05, 0.1) is 26.9 Å². The number of hydrogen-bond donors (Lipinski definition) is 2. The molecule has 0 radical (unpaired) electrons. The lowest BCUT2D eigenvalue weighted by Gasteiger charge is -2.12. The van der Waals surface area contributed by atoms with Gasteiger partial charge in [0.2, 0.25) is 5.91 Å². The quantitative estimate of drug-likeness (QED) is 0.844. The van der Waals surface area contributed by atoms with E-state index in [1.165, 1.54) is 39.5 Å². The second kappa shape index (κ2) is 7.36. The first-order chi connectivity index (χ1) is 11.5. The summed E-state index contributed by atoms with van der Waals surface area (Å²) in [6, 6.07) is 9.36. The van der Waals surface area contributed by atoms with Crippen molar-refractivity contribution >= 4 is 17.5 Å². The van der Waals surface area contributed by atoms with Gasteiger partial charge >= 0.3 is 0 Å². The van der Waals surface area contributed by atoms with Crippen LogP contribution in [0.1, 0.15) is 20.7 Å². The van der Waals surface area contributed by atoms with Gasteiger partial charge in [-0.15, -0.1) is 0 Å². The molecule has 0 saturated carbocycles. The topological polar surface area (TPSA) is 99.9 Å². The average Bonchev–Trinajstić information content (AvgIpc) is 2.60. The van der Waals surface area contributed by atoms with Gasteiger partial charge in [-0.05, 0) is 18.2 Å². The van der Waals surface area contributed by atoms with Gasteiger partial charge in [-0.3, -0.25) is 9.59 Å². The summed E-state index contributed by atoms with van der Waals surface area (Å²) in [5.41, 5.74) is 6.14. The Hall–Kier alpha value is -3.22. The van der Waals surface area contributed by atoms with Crippen LogP contribution < -0.4 is 25.3 Å². The van der Waals surface area contributed by atoms with Crippen LogP contribution in [0.25, 0.3) is 0 Å². The van der Waals surface area contributed by atoms with Gasteiger partial charge in [-0.2, -0.15) is 0 Å². The number of hydrogen-bond acceptors (Lipinski definition) is 5. The summed E-state index contributed by atoms with van der Waals surface area (Å²) >= 11 is 0. The van der Waals surface area contributed by atoms with Crippen molar-refractivity contribution in [3.05, 3.63) is 47.5 Å². The Labute approximate surface area is 139 Å². The first-order valence-corrected chi connectivity index (χ1v) is 7.00. The van der Waals surface area contributed by atoms with E-state index in [0.717, 1.165) is 0 Å². The van der Waals surface area contributed by atoms with E-state index in [2.05, 4.69) is 5.32 Å².